The van der Waals surface area contributed by atoms with Gasteiger partial charge in [0.15, 0.2) is 0 Å². The smallest absolute Gasteiger partial charge is 0.338 e. The van der Waals surface area contributed by atoms with Crippen LogP contribution >= 0.6 is 0 Å². The van der Waals surface area contributed by atoms with E-state index in [1.807, 2.05) is 30.3 Å². The third-order valence-electron chi connectivity index (χ3n) is 3.76. The van der Waals surface area contributed by atoms with Crippen LogP contribution in [0.1, 0.15) is 29.8 Å². The molecule has 2 N–H and O–H groups in total. The molecule has 0 atom stereocenters. The monoisotopic (exact) mass is 363 g/mol. The number of carbonyl (C=O) groups excluding carboxylic acids is 2. The summed E-state index contributed by atoms with van der Waals surface area (Å²) in [4.78, 5) is 23.9. The van der Waals surface area contributed by atoms with E-state index in [9.17, 15) is 14.9 Å². The molecule has 0 saturated heterocycles. The van der Waals surface area contributed by atoms with Crippen molar-refractivity contribution in [2.75, 3.05) is 17.2 Å². The van der Waals surface area contributed by atoms with E-state index in [4.69, 9.17) is 4.74 Å². The van der Waals surface area contributed by atoms with Crippen molar-refractivity contribution in [3.8, 4) is 6.07 Å². The summed E-state index contributed by atoms with van der Waals surface area (Å²) in [5.74, 6) is -0.967. The van der Waals surface area contributed by atoms with E-state index in [2.05, 4.69) is 17.6 Å². The largest absolute Gasteiger partial charge is 0.462 e. The lowest BCUT2D eigenvalue weighted by Crippen LogP contribution is -2.14. The van der Waals surface area contributed by atoms with Crippen molar-refractivity contribution in [2.24, 2.45) is 0 Å². The Labute approximate surface area is 158 Å². The maximum atomic E-state index is 12.3. The molecule has 2 aromatic rings. The van der Waals surface area contributed by atoms with Crippen LogP contribution in [0.25, 0.3) is 0 Å². The summed E-state index contributed by atoms with van der Waals surface area (Å²) in [6.45, 7) is 4.09. The van der Waals surface area contributed by atoms with Crippen molar-refractivity contribution in [2.45, 2.75) is 20.3 Å². The van der Waals surface area contributed by atoms with Crippen LogP contribution in [0.15, 0.2) is 60.3 Å². The summed E-state index contributed by atoms with van der Waals surface area (Å²) in [6, 6.07) is 15.9. The SMILES string of the molecule is CCOC(=O)c1ccc(NC(=O)/C(C#N)=C\Nc2ccc(CC)cc2)cc1. The Hall–Kier alpha value is -3.59. The van der Waals surface area contributed by atoms with E-state index in [-0.39, 0.29) is 5.57 Å². The third kappa shape index (κ3) is 5.72. The summed E-state index contributed by atoms with van der Waals surface area (Å²) in [5.41, 5.74) is 2.79. The molecular formula is C21H21N3O3. The second-order valence-electron chi connectivity index (χ2n) is 5.62. The maximum Gasteiger partial charge on any atom is 0.338 e. The highest BCUT2D eigenvalue weighted by atomic mass is 16.5. The van der Waals surface area contributed by atoms with Crippen LogP contribution in [0, 0.1) is 11.3 Å². The second kappa shape index (κ2) is 9.78. The summed E-state index contributed by atoms with van der Waals surface area (Å²) in [6.07, 6.45) is 2.31. The Morgan fingerprint density at radius 1 is 1.04 bits per heavy atom. The number of carbonyl (C=O) groups is 2. The standard InChI is InChI=1S/C21H21N3O3/c1-3-15-5-9-18(10-6-15)23-14-17(13-22)20(25)24-19-11-7-16(8-12-19)21(26)27-4-2/h5-12,14,23H,3-4H2,1-2H3,(H,24,25)/b17-14-. The first-order chi connectivity index (χ1) is 13.1. The molecule has 2 aromatic carbocycles. The maximum absolute atomic E-state index is 12.3. The van der Waals surface area contributed by atoms with Gasteiger partial charge in [0.05, 0.1) is 12.2 Å². The Kier molecular flexibility index (Phi) is 7.15. The van der Waals surface area contributed by atoms with Crippen LogP contribution in [0.2, 0.25) is 0 Å². The Morgan fingerprint density at radius 2 is 1.67 bits per heavy atom. The van der Waals surface area contributed by atoms with Gasteiger partial charge in [0, 0.05) is 17.6 Å². The number of anilines is 2. The van der Waals surface area contributed by atoms with Gasteiger partial charge in [-0.15, -0.1) is 0 Å². The zero-order chi connectivity index (χ0) is 19.6. The van der Waals surface area contributed by atoms with Crippen molar-refractivity contribution in [3.05, 3.63) is 71.4 Å². The fourth-order valence-corrected chi connectivity index (χ4v) is 2.24. The number of nitrogens with one attached hydrogen (secondary N) is 2. The molecular weight excluding hydrogens is 342 g/mol. The lowest BCUT2D eigenvalue weighted by atomic mass is 10.1. The van der Waals surface area contributed by atoms with Crippen molar-refractivity contribution < 1.29 is 14.3 Å². The second-order valence-corrected chi connectivity index (χ2v) is 5.62. The van der Waals surface area contributed by atoms with Crippen molar-refractivity contribution in [3.63, 3.8) is 0 Å². The van der Waals surface area contributed by atoms with Crippen LogP contribution in [-0.4, -0.2) is 18.5 Å². The normalized spacial score (nSPS) is 10.6. The highest BCUT2D eigenvalue weighted by molar-refractivity contribution is 6.06. The van der Waals surface area contributed by atoms with Gasteiger partial charge in [-0.25, -0.2) is 4.79 Å². The van der Waals surface area contributed by atoms with Crippen molar-refractivity contribution in [1.82, 2.24) is 0 Å². The molecule has 0 aromatic heterocycles. The summed E-state index contributed by atoms with van der Waals surface area (Å²) >= 11 is 0. The van der Waals surface area contributed by atoms with Gasteiger partial charge in [0.25, 0.3) is 5.91 Å². The molecule has 27 heavy (non-hydrogen) atoms. The quantitative estimate of drug-likeness (QED) is 0.442. The first-order valence-corrected chi connectivity index (χ1v) is 8.61. The molecule has 0 aliphatic rings. The van der Waals surface area contributed by atoms with Gasteiger partial charge in [-0.3, -0.25) is 4.79 Å². The molecule has 6 heteroatoms. The Bertz CT molecular complexity index is 863. The minimum absolute atomic E-state index is 0.0657. The molecule has 0 fully saturated rings. The number of hydrogen-bond donors (Lipinski definition) is 2. The molecule has 0 saturated carbocycles. The fraction of sp³-hybridized carbons (Fsp3) is 0.190. The number of aryl methyl sites for hydroxylation is 1. The highest BCUT2D eigenvalue weighted by Crippen LogP contribution is 2.13. The molecule has 0 unspecified atom stereocenters. The van der Waals surface area contributed by atoms with Gasteiger partial charge in [0.1, 0.15) is 11.6 Å². The molecule has 138 valence electrons. The number of amides is 1. The fourth-order valence-electron chi connectivity index (χ4n) is 2.24. The van der Waals surface area contributed by atoms with Crippen molar-refractivity contribution >= 4 is 23.3 Å². The molecule has 0 heterocycles. The molecule has 1 amide bonds. The van der Waals surface area contributed by atoms with Crippen LogP contribution < -0.4 is 10.6 Å². The van der Waals surface area contributed by atoms with E-state index in [0.29, 0.717) is 17.9 Å². The predicted molar refractivity (Wildman–Crippen MR) is 104 cm³/mol. The molecule has 0 radical (unpaired) electrons. The summed E-state index contributed by atoms with van der Waals surface area (Å²) in [7, 11) is 0. The molecule has 0 bridgehead atoms. The van der Waals surface area contributed by atoms with Crippen LogP contribution in [0.5, 0.6) is 0 Å². The van der Waals surface area contributed by atoms with E-state index in [1.54, 1.807) is 31.2 Å². The van der Waals surface area contributed by atoms with E-state index in [0.717, 1.165) is 12.1 Å². The van der Waals surface area contributed by atoms with Gasteiger partial charge in [-0.2, -0.15) is 5.26 Å². The van der Waals surface area contributed by atoms with Gasteiger partial charge in [-0.1, -0.05) is 19.1 Å². The summed E-state index contributed by atoms with van der Waals surface area (Å²) < 4.78 is 4.91. The van der Waals surface area contributed by atoms with Crippen LogP contribution in [-0.2, 0) is 16.0 Å². The number of benzene rings is 2. The Balaban J connectivity index is 2.01. The van der Waals surface area contributed by atoms with Crippen molar-refractivity contribution in [1.29, 1.82) is 5.26 Å². The third-order valence-corrected chi connectivity index (χ3v) is 3.76. The summed E-state index contributed by atoms with van der Waals surface area (Å²) in [5, 5.41) is 14.8. The topological polar surface area (TPSA) is 91.2 Å². The number of ether oxygens (including phenoxy) is 1. The molecule has 0 aliphatic heterocycles. The minimum Gasteiger partial charge on any atom is -0.462 e. The average Bonchev–Trinajstić information content (AvgIpc) is 2.69. The van der Waals surface area contributed by atoms with Gasteiger partial charge >= 0.3 is 5.97 Å². The number of hydrogen-bond acceptors (Lipinski definition) is 5. The van der Waals surface area contributed by atoms with Crippen LogP contribution in [0.4, 0.5) is 11.4 Å². The average molecular weight is 363 g/mol. The zero-order valence-corrected chi connectivity index (χ0v) is 15.3. The van der Waals surface area contributed by atoms with E-state index in [1.165, 1.54) is 11.8 Å². The van der Waals surface area contributed by atoms with E-state index >= 15 is 0 Å². The number of esters is 1. The number of nitriles is 1. The molecule has 0 spiro atoms. The first kappa shape index (κ1) is 19.7. The minimum atomic E-state index is -0.543. The first-order valence-electron chi connectivity index (χ1n) is 8.61. The molecule has 6 nitrogen and oxygen atoms in total. The van der Waals surface area contributed by atoms with Crippen LogP contribution in [0.3, 0.4) is 0 Å². The number of rotatable bonds is 7. The molecule has 0 aliphatic carbocycles. The lowest BCUT2D eigenvalue weighted by Gasteiger charge is -2.07. The highest BCUT2D eigenvalue weighted by Gasteiger charge is 2.11. The zero-order valence-electron chi connectivity index (χ0n) is 15.3. The van der Waals surface area contributed by atoms with Gasteiger partial charge in [-0.05, 0) is 55.3 Å². The predicted octanol–water partition coefficient (Wildman–Crippen LogP) is 3.88. The Morgan fingerprint density at radius 3 is 2.22 bits per heavy atom. The lowest BCUT2D eigenvalue weighted by molar-refractivity contribution is -0.112. The van der Waals surface area contributed by atoms with Gasteiger partial charge < -0.3 is 15.4 Å². The number of nitrogens with zero attached hydrogens (tertiary/aromatic N) is 1. The van der Waals surface area contributed by atoms with E-state index < -0.39 is 11.9 Å². The van der Waals surface area contributed by atoms with Gasteiger partial charge in [0.2, 0.25) is 0 Å². The molecule has 2 rings (SSSR count).